The van der Waals surface area contributed by atoms with Gasteiger partial charge in [0.25, 0.3) is 0 Å². The molecule has 0 aromatic rings. The molecule has 2 fully saturated rings. The van der Waals surface area contributed by atoms with Crippen molar-refractivity contribution < 1.29 is 20.8 Å². The third-order valence-corrected chi connectivity index (χ3v) is 7.65. The van der Waals surface area contributed by atoms with Crippen molar-refractivity contribution in [2.24, 2.45) is 40.9 Å². The summed E-state index contributed by atoms with van der Waals surface area (Å²) in [5.74, 6) is 4.52. The van der Waals surface area contributed by atoms with E-state index >= 15 is 0 Å². The van der Waals surface area contributed by atoms with Crippen LogP contribution >= 0.6 is 17.0 Å². The standard InChI is InChI=1S/C24H32.2CH3.2ClH.Zr/c1-3-4-17-24(2,18-11-5-6-12-18)23-21-15-9-7-13-19(21)20-14-8-10-16-22(20)23;;;;;/h3,7-10,13-16,18-23H,1,4-6,11-12,17H2,2H3;2*1H3;2*1H;/q;2*-1;;;+4/p-2. The summed E-state index contributed by atoms with van der Waals surface area (Å²) < 4.78 is 0. The van der Waals surface area contributed by atoms with Crippen LogP contribution in [0.4, 0.5) is 0 Å². The van der Waals surface area contributed by atoms with Gasteiger partial charge in [0.1, 0.15) is 0 Å². The molecule has 0 heterocycles. The SMILES string of the molecule is C=CCCC(C)(C1CCCC1)C1C2C=CC=CC2C2C=CC=CC21.[CH3-].[CH3-].[Cl][Zr+2][Cl]. The van der Waals surface area contributed by atoms with Crippen molar-refractivity contribution in [2.45, 2.75) is 45.4 Å². The predicted molar refractivity (Wildman–Crippen MR) is 128 cm³/mol. The summed E-state index contributed by atoms with van der Waals surface area (Å²) in [6.45, 7) is 6.66. The summed E-state index contributed by atoms with van der Waals surface area (Å²) >= 11 is -0.826. The zero-order chi connectivity index (χ0) is 19.3. The van der Waals surface area contributed by atoms with E-state index in [1.54, 1.807) is 0 Å². The molecule has 0 saturated heterocycles. The van der Waals surface area contributed by atoms with Crippen LogP contribution in [0.2, 0.25) is 0 Å². The number of allylic oxidation sites excluding steroid dienone is 9. The maximum atomic E-state index is 4.93. The molecule has 4 aliphatic rings. The van der Waals surface area contributed by atoms with Crippen molar-refractivity contribution >= 4 is 17.0 Å². The Balaban J connectivity index is 0.000000794. The fourth-order valence-electron chi connectivity index (χ4n) is 6.55. The molecule has 0 nitrogen and oxygen atoms in total. The molecular formula is C26H38Cl2Zr. The Morgan fingerprint density at radius 3 is 1.72 bits per heavy atom. The first-order valence-electron chi connectivity index (χ1n) is 10.4. The minimum atomic E-state index is -0.826. The van der Waals surface area contributed by atoms with Crippen LogP contribution in [0.5, 0.6) is 0 Å². The van der Waals surface area contributed by atoms with Gasteiger partial charge >= 0.3 is 37.9 Å². The van der Waals surface area contributed by atoms with Gasteiger partial charge in [-0.2, -0.15) is 0 Å². The third kappa shape index (κ3) is 5.70. The van der Waals surface area contributed by atoms with Crippen LogP contribution in [0.15, 0.2) is 61.3 Å². The Morgan fingerprint density at radius 1 is 0.897 bits per heavy atom. The molecule has 0 amide bonds. The van der Waals surface area contributed by atoms with E-state index < -0.39 is 20.8 Å². The van der Waals surface area contributed by atoms with E-state index in [0.717, 1.165) is 18.3 Å². The number of halogens is 2. The molecule has 4 aliphatic carbocycles. The van der Waals surface area contributed by atoms with Crippen LogP contribution < -0.4 is 0 Å². The Labute approximate surface area is 199 Å². The average Bonchev–Trinajstić information content (AvgIpc) is 3.34. The molecule has 160 valence electrons. The van der Waals surface area contributed by atoms with E-state index in [1.165, 1.54) is 32.1 Å². The molecule has 0 aromatic heterocycles. The van der Waals surface area contributed by atoms with Crippen LogP contribution in [-0.4, -0.2) is 0 Å². The maximum absolute atomic E-state index is 4.93. The summed E-state index contributed by atoms with van der Waals surface area (Å²) in [5.41, 5.74) is 0.443. The summed E-state index contributed by atoms with van der Waals surface area (Å²) in [4.78, 5) is 0. The summed E-state index contributed by atoms with van der Waals surface area (Å²) in [6, 6.07) is 0. The molecule has 0 bridgehead atoms. The van der Waals surface area contributed by atoms with Gasteiger partial charge in [-0.3, -0.25) is 0 Å². The molecule has 0 aliphatic heterocycles. The van der Waals surface area contributed by atoms with Crippen LogP contribution in [0.3, 0.4) is 0 Å². The second-order valence-corrected chi connectivity index (χ2v) is 12.5. The van der Waals surface area contributed by atoms with Crippen molar-refractivity contribution in [1.82, 2.24) is 0 Å². The van der Waals surface area contributed by atoms with E-state index in [0.29, 0.717) is 29.1 Å². The molecule has 0 N–H and O–H groups in total. The molecule has 2 saturated carbocycles. The van der Waals surface area contributed by atoms with Gasteiger partial charge in [0.15, 0.2) is 0 Å². The van der Waals surface area contributed by atoms with Crippen molar-refractivity contribution in [2.75, 3.05) is 0 Å². The fraction of sp³-hybridized carbons (Fsp3) is 0.538. The molecule has 0 aromatic carbocycles. The fourth-order valence-corrected chi connectivity index (χ4v) is 6.55. The van der Waals surface area contributed by atoms with Gasteiger partial charge in [-0.1, -0.05) is 74.4 Å². The van der Waals surface area contributed by atoms with Crippen LogP contribution in [0.25, 0.3) is 0 Å². The number of hydrogen-bond donors (Lipinski definition) is 0. The second kappa shape index (κ2) is 12.9. The van der Waals surface area contributed by atoms with Gasteiger partial charge in [-0.15, -0.1) is 6.58 Å². The Kier molecular flexibility index (Phi) is 12.1. The van der Waals surface area contributed by atoms with Crippen LogP contribution in [0, 0.1) is 55.8 Å². The Hall–Kier alpha value is 0.163. The molecule has 4 rings (SSSR count). The Morgan fingerprint density at radius 2 is 1.31 bits per heavy atom. The summed E-state index contributed by atoms with van der Waals surface area (Å²) in [6.07, 6.45) is 29.6. The van der Waals surface area contributed by atoms with E-state index in [9.17, 15) is 0 Å². The molecule has 0 radical (unpaired) electrons. The van der Waals surface area contributed by atoms with Crippen molar-refractivity contribution in [1.29, 1.82) is 0 Å². The molecule has 29 heavy (non-hydrogen) atoms. The molecule has 3 heteroatoms. The monoisotopic (exact) mass is 510 g/mol. The van der Waals surface area contributed by atoms with E-state index in [2.05, 4.69) is 68.2 Å². The predicted octanol–water partition coefficient (Wildman–Crippen LogP) is 8.77. The van der Waals surface area contributed by atoms with Gasteiger partial charge in [0, 0.05) is 0 Å². The average molecular weight is 513 g/mol. The third-order valence-electron chi connectivity index (χ3n) is 7.65. The molecule has 5 atom stereocenters. The van der Waals surface area contributed by atoms with Crippen LogP contribution in [-0.2, 0) is 20.8 Å². The van der Waals surface area contributed by atoms with Gasteiger partial charge in [-0.25, -0.2) is 0 Å². The van der Waals surface area contributed by atoms with Gasteiger partial charge in [-0.05, 0) is 66.6 Å². The first-order chi connectivity index (χ1) is 13.2. The number of rotatable bonds is 5. The van der Waals surface area contributed by atoms with Crippen molar-refractivity contribution in [3.8, 4) is 0 Å². The summed E-state index contributed by atoms with van der Waals surface area (Å²) in [7, 11) is 9.87. The van der Waals surface area contributed by atoms with E-state index in [4.69, 9.17) is 17.0 Å². The van der Waals surface area contributed by atoms with Crippen molar-refractivity contribution in [3.63, 3.8) is 0 Å². The number of hydrogen-bond acceptors (Lipinski definition) is 0. The molecule has 0 spiro atoms. The number of fused-ring (bicyclic) bond motifs is 3. The van der Waals surface area contributed by atoms with Crippen molar-refractivity contribution in [3.05, 3.63) is 76.1 Å². The molecule has 5 unspecified atom stereocenters. The van der Waals surface area contributed by atoms with E-state index in [-0.39, 0.29) is 14.9 Å². The first-order valence-corrected chi connectivity index (χ1v) is 16.8. The minimum absolute atomic E-state index is 0. The first kappa shape index (κ1) is 27.2. The Bertz CT molecular complexity index is 580. The quantitative estimate of drug-likeness (QED) is 0.255. The normalized spacial score (nSPS) is 33.1. The summed E-state index contributed by atoms with van der Waals surface area (Å²) in [5, 5.41) is 0. The second-order valence-electron chi connectivity index (χ2n) is 8.76. The zero-order valence-corrected chi connectivity index (χ0v) is 22.3. The van der Waals surface area contributed by atoms with Crippen LogP contribution in [0.1, 0.15) is 45.4 Å². The van der Waals surface area contributed by atoms with E-state index in [1.807, 2.05) is 0 Å². The zero-order valence-electron chi connectivity index (χ0n) is 18.4. The van der Waals surface area contributed by atoms with Gasteiger partial charge in [0.05, 0.1) is 0 Å². The van der Waals surface area contributed by atoms with Gasteiger partial charge < -0.3 is 14.9 Å². The topological polar surface area (TPSA) is 0 Å². The van der Waals surface area contributed by atoms with Gasteiger partial charge in [0.2, 0.25) is 0 Å². The molecular weight excluding hydrogens is 474 g/mol.